The number of aryl methyl sites for hydroxylation is 1. The summed E-state index contributed by atoms with van der Waals surface area (Å²) < 4.78 is 0. The van der Waals surface area contributed by atoms with E-state index in [-0.39, 0.29) is 0 Å². The van der Waals surface area contributed by atoms with Crippen molar-refractivity contribution in [2.24, 2.45) is 11.8 Å². The van der Waals surface area contributed by atoms with Crippen molar-refractivity contribution in [2.45, 2.75) is 80.1 Å². The summed E-state index contributed by atoms with van der Waals surface area (Å²) in [5.74, 6) is 1.24. The van der Waals surface area contributed by atoms with Crippen LogP contribution in [-0.4, -0.2) is 0 Å². The number of benzene rings is 1. The summed E-state index contributed by atoms with van der Waals surface area (Å²) in [6.07, 6.45) is 20.3. The van der Waals surface area contributed by atoms with E-state index >= 15 is 0 Å². The fourth-order valence-electron chi connectivity index (χ4n) is 3.79. The lowest BCUT2D eigenvalue weighted by atomic mass is 9.87. The molecule has 1 aromatic rings. The Kier molecular flexibility index (Phi) is 12.3. The van der Waals surface area contributed by atoms with Crippen LogP contribution < -0.4 is 0 Å². The number of rotatable bonds is 12. The molecule has 0 N–H and O–H groups in total. The van der Waals surface area contributed by atoms with E-state index in [0.717, 1.165) is 19.3 Å². The van der Waals surface area contributed by atoms with Crippen LogP contribution in [0.5, 0.6) is 0 Å². The van der Waals surface area contributed by atoms with Crippen molar-refractivity contribution < 1.29 is 0 Å². The van der Waals surface area contributed by atoms with Crippen LogP contribution in [0.4, 0.5) is 0 Å². The smallest absolute Gasteiger partial charge is 0.0218 e. The molecule has 0 fully saturated rings. The predicted molar refractivity (Wildman–Crippen MR) is 128 cm³/mol. The highest BCUT2D eigenvalue weighted by Gasteiger charge is 2.11. The maximum absolute atomic E-state index is 2.41. The fraction of sp³-hybridized carbons (Fsp3) is 0.500. The monoisotopic (exact) mass is 378 g/mol. The van der Waals surface area contributed by atoms with Crippen LogP contribution in [0.2, 0.25) is 0 Å². The summed E-state index contributed by atoms with van der Waals surface area (Å²) in [5.41, 5.74) is 6.14. The van der Waals surface area contributed by atoms with Gasteiger partial charge in [-0.1, -0.05) is 100 Å². The Hall–Kier alpha value is -1.82. The third-order valence-corrected chi connectivity index (χ3v) is 5.48. The van der Waals surface area contributed by atoms with E-state index in [1.165, 1.54) is 30.4 Å². The summed E-state index contributed by atoms with van der Waals surface area (Å²) in [7, 11) is 0. The van der Waals surface area contributed by atoms with Crippen LogP contribution in [0.3, 0.4) is 0 Å². The van der Waals surface area contributed by atoms with Gasteiger partial charge in [0.2, 0.25) is 0 Å². The van der Waals surface area contributed by atoms with Crippen molar-refractivity contribution in [3.8, 4) is 0 Å². The first-order valence-electron chi connectivity index (χ1n) is 11.3. The van der Waals surface area contributed by atoms with E-state index in [1.54, 1.807) is 11.1 Å². The van der Waals surface area contributed by atoms with Crippen molar-refractivity contribution >= 4 is 0 Å². The molecule has 0 heterocycles. The Labute approximate surface area is 175 Å². The standard InChI is InChI=1S/C28H42/c1-7-11-12-16-23(5)21-26-18-13-17-25(22-26)19-20-27(14-8-2)28(15-9-3)24(6)10-4/h7-8,11-14,16-18,22-24H,9-10,15,19-21H2,1-6H3/b11-7-,14-8-,16-12-,28-27+. The van der Waals surface area contributed by atoms with Crippen molar-refractivity contribution in [1.29, 1.82) is 0 Å². The molecule has 0 aromatic heterocycles. The third kappa shape index (κ3) is 8.91. The Morgan fingerprint density at radius 1 is 0.964 bits per heavy atom. The average molecular weight is 379 g/mol. The molecule has 1 aromatic carbocycles. The van der Waals surface area contributed by atoms with Crippen LogP contribution in [0.1, 0.15) is 78.4 Å². The zero-order chi connectivity index (χ0) is 20.8. The van der Waals surface area contributed by atoms with Gasteiger partial charge in [-0.15, -0.1) is 0 Å². The molecule has 0 bridgehead atoms. The van der Waals surface area contributed by atoms with Crippen LogP contribution >= 0.6 is 0 Å². The molecule has 0 saturated heterocycles. The quantitative estimate of drug-likeness (QED) is 0.319. The highest BCUT2D eigenvalue weighted by molar-refractivity contribution is 5.30. The van der Waals surface area contributed by atoms with Gasteiger partial charge in [0, 0.05) is 0 Å². The molecular weight excluding hydrogens is 336 g/mol. The fourth-order valence-corrected chi connectivity index (χ4v) is 3.79. The molecule has 0 saturated carbocycles. The molecule has 0 heteroatoms. The minimum Gasteiger partial charge on any atom is -0.0877 e. The topological polar surface area (TPSA) is 0 Å². The molecule has 154 valence electrons. The van der Waals surface area contributed by atoms with Gasteiger partial charge in [-0.3, -0.25) is 0 Å². The maximum atomic E-state index is 2.41. The van der Waals surface area contributed by atoms with Crippen LogP contribution in [0.25, 0.3) is 0 Å². The van der Waals surface area contributed by atoms with Gasteiger partial charge in [0.25, 0.3) is 0 Å². The summed E-state index contributed by atoms with van der Waals surface area (Å²) in [5, 5.41) is 0. The Morgan fingerprint density at radius 3 is 2.36 bits per heavy atom. The third-order valence-electron chi connectivity index (χ3n) is 5.48. The zero-order valence-corrected chi connectivity index (χ0v) is 19.2. The second kappa shape index (κ2) is 14.2. The van der Waals surface area contributed by atoms with Crippen molar-refractivity contribution in [2.75, 3.05) is 0 Å². The first-order valence-corrected chi connectivity index (χ1v) is 11.3. The number of hydrogen-bond donors (Lipinski definition) is 0. The van der Waals surface area contributed by atoms with Gasteiger partial charge >= 0.3 is 0 Å². The zero-order valence-electron chi connectivity index (χ0n) is 19.2. The normalized spacial score (nSPS) is 15.5. The molecule has 0 nitrogen and oxygen atoms in total. The van der Waals surface area contributed by atoms with Crippen molar-refractivity contribution in [3.63, 3.8) is 0 Å². The molecule has 28 heavy (non-hydrogen) atoms. The van der Waals surface area contributed by atoms with Crippen molar-refractivity contribution in [3.05, 3.63) is 83.0 Å². The lowest BCUT2D eigenvalue weighted by Crippen LogP contribution is -2.03. The largest absolute Gasteiger partial charge is 0.0877 e. The van der Waals surface area contributed by atoms with Gasteiger partial charge in [0.05, 0.1) is 0 Å². The van der Waals surface area contributed by atoms with Crippen LogP contribution in [0, 0.1) is 11.8 Å². The molecule has 0 aliphatic heterocycles. The molecular formula is C28H42. The van der Waals surface area contributed by atoms with E-state index < -0.39 is 0 Å². The van der Waals surface area contributed by atoms with Crippen LogP contribution in [-0.2, 0) is 12.8 Å². The second-order valence-corrected chi connectivity index (χ2v) is 8.02. The summed E-state index contributed by atoms with van der Waals surface area (Å²) in [6, 6.07) is 9.21. The second-order valence-electron chi connectivity index (χ2n) is 8.02. The molecule has 2 unspecified atom stereocenters. The van der Waals surface area contributed by atoms with E-state index in [4.69, 9.17) is 0 Å². The van der Waals surface area contributed by atoms with Gasteiger partial charge < -0.3 is 0 Å². The molecule has 0 spiro atoms. The van der Waals surface area contributed by atoms with Crippen LogP contribution in [0.15, 0.2) is 71.9 Å². The lowest BCUT2D eigenvalue weighted by molar-refractivity contribution is 0.607. The highest BCUT2D eigenvalue weighted by atomic mass is 14.2. The van der Waals surface area contributed by atoms with Gasteiger partial charge in [-0.05, 0) is 74.5 Å². The highest BCUT2D eigenvalue weighted by Crippen LogP contribution is 2.27. The minimum absolute atomic E-state index is 0.562. The summed E-state index contributed by atoms with van der Waals surface area (Å²) >= 11 is 0. The number of allylic oxidation sites excluding steroid dienone is 8. The van der Waals surface area contributed by atoms with Gasteiger partial charge in [-0.25, -0.2) is 0 Å². The minimum atomic E-state index is 0.562. The SMILES string of the molecule is C/C=C\C=C/C(C)Cc1cccc(CCC(/C=C\C)=C(\CCC)C(C)CC)c1. The molecule has 0 aliphatic carbocycles. The van der Waals surface area contributed by atoms with Crippen molar-refractivity contribution in [1.82, 2.24) is 0 Å². The average Bonchev–Trinajstić information content (AvgIpc) is 2.69. The first kappa shape index (κ1) is 24.2. The Bertz CT molecular complexity index is 669. The van der Waals surface area contributed by atoms with E-state index in [9.17, 15) is 0 Å². The number of hydrogen-bond acceptors (Lipinski definition) is 0. The summed E-state index contributed by atoms with van der Waals surface area (Å²) in [4.78, 5) is 0. The van der Waals surface area contributed by atoms with Gasteiger partial charge in [0.1, 0.15) is 0 Å². The van der Waals surface area contributed by atoms with E-state index in [2.05, 4.69) is 102 Å². The maximum Gasteiger partial charge on any atom is -0.0218 e. The summed E-state index contributed by atoms with van der Waals surface area (Å²) in [6.45, 7) is 13.5. The first-order chi connectivity index (χ1) is 13.5. The molecule has 0 radical (unpaired) electrons. The van der Waals surface area contributed by atoms with Gasteiger partial charge in [0.15, 0.2) is 0 Å². The molecule has 0 aliphatic rings. The Morgan fingerprint density at radius 2 is 1.71 bits per heavy atom. The molecule has 0 amide bonds. The van der Waals surface area contributed by atoms with E-state index in [1.807, 2.05) is 0 Å². The lowest BCUT2D eigenvalue weighted by Gasteiger charge is -2.19. The molecule has 2 atom stereocenters. The Balaban J connectivity index is 2.89. The van der Waals surface area contributed by atoms with E-state index in [0.29, 0.717) is 11.8 Å². The molecule has 1 rings (SSSR count). The van der Waals surface area contributed by atoms with Gasteiger partial charge in [-0.2, -0.15) is 0 Å². The predicted octanol–water partition coefficient (Wildman–Crippen LogP) is 8.65.